The molecule has 1 saturated heterocycles. The second-order valence-corrected chi connectivity index (χ2v) is 6.57. The van der Waals surface area contributed by atoms with Gasteiger partial charge in [0.15, 0.2) is 5.78 Å². The van der Waals surface area contributed by atoms with Gasteiger partial charge in [0.2, 0.25) is 11.8 Å². The lowest BCUT2D eigenvalue weighted by atomic mass is 10.1. The fraction of sp³-hybridized carbons (Fsp3) is 0.286. The fourth-order valence-electron chi connectivity index (χ4n) is 3.16. The number of carbonyl (C=O) groups is 3. The van der Waals surface area contributed by atoms with Gasteiger partial charge in [-0.15, -0.1) is 0 Å². The van der Waals surface area contributed by atoms with E-state index in [1.54, 1.807) is 54.5 Å². The Labute approximate surface area is 163 Å². The SMILES string of the molecule is COc1ccc(NC(=O)C2CC(=O)N(c3cccc(C(C)=O)c3)C2)c(OC)c1. The second kappa shape index (κ2) is 8.12. The van der Waals surface area contributed by atoms with Crippen LogP contribution in [-0.2, 0) is 9.59 Å². The first-order chi connectivity index (χ1) is 13.4. The molecule has 1 unspecified atom stereocenters. The van der Waals surface area contributed by atoms with Crippen LogP contribution in [0.2, 0.25) is 0 Å². The molecule has 2 amide bonds. The van der Waals surface area contributed by atoms with E-state index in [-0.39, 0.29) is 30.6 Å². The van der Waals surface area contributed by atoms with Crippen LogP contribution in [0.5, 0.6) is 11.5 Å². The number of carbonyl (C=O) groups excluding carboxylic acids is 3. The summed E-state index contributed by atoms with van der Waals surface area (Å²) in [5.74, 6) is 0.102. The highest BCUT2D eigenvalue weighted by Crippen LogP contribution is 2.31. The van der Waals surface area contributed by atoms with E-state index in [9.17, 15) is 14.4 Å². The van der Waals surface area contributed by atoms with E-state index >= 15 is 0 Å². The smallest absolute Gasteiger partial charge is 0.229 e. The van der Waals surface area contributed by atoms with Crippen molar-refractivity contribution < 1.29 is 23.9 Å². The highest BCUT2D eigenvalue weighted by molar-refractivity contribution is 6.04. The zero-order valence-corrected chi connectivity index (χ0v) is 16.0. The van der Waals surface area contributed by atoms with Gasteiger partial charge in [0.25, 0.3) is 0 Å². The van der Waals surface area contributed by atoms with Gasteiger partial charge in [0, 0.05) is 30.3 Å². The number of hydrogen-bond acceptors (Lipinski definition) is 5. The Hall–Kier alpha value is -3.35. The second-order valence-electron chi connectivity index (χ2n) is 6.57. The minimum atomic E-state index is -0.500. The minimum Gasteiger partial charge on any atom is -0.497 e. The van der Waals surface area contributed by atoms with Crippen molar-refractivity contribution >= 4 is 29.0 Å². The first-order valence-electron chi connectivity index (χ1n) is 8.87. The quantitative estimate of drug-likeness (QED) is 0.777. The molecule has 1 heterocycles. The maximum Gasteiger partial charge on any atom is 0.229 e. The van der Waals surface area contributed by atoms with Crippen LogP contribution in [-0.4, -0.2) is 38.4 Å². The van der Waals surface area contributed by atoms with Gasteiger partial charge in [-0.2, -0.15) is 0 Å². The van der Waals surface area contributed by atoms with Gasteiger partial charge in [0.05, 0.1) is 25.8 Å². The molecule has 1 aliphatic rings. The van der Waals surface area contributed by atoms with Gasteiger partial charge in [-0.05, 0) is 31.2 Å². The number of Topliss-reactive ketones (excluding diaryl/α,β-unsaturated/α-hetero) is 1. The van der Waals surface area contributed by atoms with Gasteiger partial charge >= 0.3 is 0 Å². The Morgan fingerprint density at radius 1 is 1.11 bits per heavy atom. The predicted molar refractivity (Wildman–Crippen MR) is 105 cm³/mol. The molecule has 146 valence electrons. The summed E-state index contributed by atoms with van der Waals surface area (Å²) in [6, 6.07) is 12.0. The molecule has 0 radical (unpaired) electrons. The van der Waals surface area contributed by atoms with Crippen LogP contribution in [0.15, 0.2) is 42.5 Å². The number of methoxy groups -OCH3 is 2. The van der Waals surface area contributed by atoms with Crippen LogP contribution in [0.1, 0.15) is 23.7 Å². The van der Waals surface area contributed by atoms with Gasteiger partial charge in [-0.25, -0.2) is 0 Å². The maximum absolute atomic E-state index is 12.7. The number of ketones is 1. The molecule has 0 saturated carbocycles. The molecule has 1 atom stereocenters. The van der Waals surface area contributed by atoms with Crippen molar-refractivity contribution in [3.63, 3.8) is 0 Å². The van der Waals surface area contributed by atoms with Crippen LogP contribution >= 0.6 is 0 Å². The molecule has 0 aromatic heterocycles. The highest BCUT2D eigenvalue weighted by atomic mass is 16.5. The Balaban J connectivity index is 1.74. The normalized spacial score (nSPS) is 16.0. The van der Waals surface area contributed by atoms with Gasteiger partial charge in [-0.3, -0.25) is 14.4 Å². The fourth-order valence-corrected chi connectivity index (χ4v) is 3.16. The molecule has 7 nitrogen and oxygen atoms in total. The van der Waals surface area contributed by atoms with Crippen LogP contribution in [0.4, 0.5) is 11.4 Å². The van der Waals surface area contributed by atoms with Crippen molar-refractivity contribution in [2.24, 2.45) is 5.92 Å². The molecule has 1 fully saturated rings. The molecule has 2 aromatic carbocycles. The third-order valence-electron chi connectivity index (χ3n) is 4.73. The van der Waals surface area contributed by atoms with Crippen molar-refractivity contribution in [2.75, 3.05) is 31.0 Å². The molecular weight excluding hydrogens is 360 g/mol. The minimum absolute atomic E-state index is 0.0746. The lowest BCUT2D eigenvalue weighted by Crippen LogP contribution is -2.28. The first-order valence-corrected chi connectivity index (χ1v) is 8.87. The van der Waals surface area contributed by atoms with Gasteiger partial charge in [0.1, 0.15) is 11.5 Å². The Morgan fingerprint density at radius 3 is 2.57 bits per heavy atom. The summed E-state index contributed by atoms with van der Waals surface area (Å²) < 4.78 is 10.4. The van der Waals surface area contributed by atoms with E-state index in [1.165, 1.54) is 14.0 Å². The largest absolute Gasteiger partial charge is 0.497 e. The predicted octanol–water partition coefficient (Wildman–Crippen LogP) is 2.90. The summed E-state index contributed by atoms with van der Waals surface area (Å²) in [5.41, 5.74) is 1.66. The number of anilines is 2. The molecule has 0 spiro atoms. The van der Waals surface area contributed by atoms with Crippen LogP contribution in [0, 0.1) is 5.92 Å². The average molecular weight is 382 g/mol. The molecular formula is C21H22N2O5. The van der Waals surface area contributed by atoms with Crippen molar-refractivity contribution in [2.45, 2.75) is 13.3 Å². The molecule has 3 rings (SSSR count). The summed E-state index contributed by atoms with van der Waals surface area (Å²) >= 11 is 0. The van der Waals surface area contributed by atoms with Crippen LogP contribution in [0.25, 0.3) is 0 Å². The van der Waals surface area contributed by atoms with Gasteiger partial charge < -0.3 is 19.7 Å². The van der Waals surface area contributed by atoms with Crippen molar-refractivity contribution in [3.8, 4) is 11.5 Å². The monoisotopic (exact) mass is 382 g/mol. The Bertz CT molecular complexity index is 925. The zero-order chi connectivity index (χ0) is 20.3. The van der Waals surface area contributed by atoms with E-state index in [1.807, 2.05) is 0 Å². The van der Waals surface area contributed by atoms with E-state index < -0.39 is 5.92 Å². The molecule has 1 N–H and O–H groups in total. The van der Waals surface area contributed by atoms with Crippen molar-refractivity contribution in [1.29, 1.82) is 0 Å². The zero-order valence-electron chi connectivity index (χ0n) is 16.0. The number of amides is 2. The number of nitrogens with one attached hydrogen (secondary N) is 1. The number of hydrogen-bond donors (Lipinski definition) is 1. The third-order valence-corrected chi connectivity index (χ3v) is 4.73. The summed E-state index contributed by atoms with van der Waals surface area (Å²) in [5, 5.41) is 2.82. The molecule has 2 aromatic rings. The Morgan fingerprint density at radius 2 is 1.89 bits per heavy atom. The first kappa shape index (κ1) is 19.4. The number of benzene rings is 2. The molecule has 28 heavy (non-hydrogen) atoms. The topological polar surface area (TPSA) is 84.9 Å². The van der Waals surface area contributed by atoms with E-state index in [4.69, 9.17) is 9.47 Å². The summed E-state index contributed by atoms with van der Waals surface area (Å²) in [6.07, 6.45) is 0.106. The molecule has 7 heteroatoms. The van der Waals surface area contributed by atoms with E-state index in [0.29, 0.717) is 28.4 Å². The number of ether oxygens (including phenoxy) is 2. The van der Waals surface area contributed by atoms with Crippen molar-refractivity contribution in [3.05, 3.63) is 48.0 Å². The summed E-state index contributed by atoms with van der Waals surface area (Å²) in [6.45, 7) is 1.73. The maximum atomic E-state index is 12.7. The standard InChI is InChI=1S/C21H22N2O5/c1-13(24)14-5-4-6-16(9-14)23-12-15(10-20(23)25)21(26)22-18-8-7-17(27-2)11-19(18)28-3/h4-9,11,15H,10,12H2,1-3H3,(H,22,26). The molecule has 1 aliphatic heterocycles. The number of rotatable bonds is 6. The van der Waals surface area contributed by atoms with Gasteiger partial charge in [-0.1, -0.05) is 12.1 Å². The van der Waals surface area contributed by atoms with Crippen LogP contribution in [0.3, 0.4) is 0 Å². The molecule has 0 bridgehead atoms. The third kappa shape index (κ3) is 3.98. The van der Waals surface area contributed by atoms with E-state index in [0.717, 1.165) is 0 Å². The molecule has 0 aliphatic carbocycles. The van der Waals surface area contributed by atoms with E-state index in [2.05, 4.69) is 5.32 Å². The summed E-state index contributed by atoms with van der Waals surface area (Å²) in [4.78, 5) is 38.3. The van der Waals surface area contributed by atoms with Crippen molar-refractivity contribution in [1.82, 2.24) is 0 Å². The van der Waals surface area contributed by atoms with Crippen LogP contribution < -0.4 is 19.7 Å². The average Bonchev–Trinajstić information content (AvgIpc) is 3.10. The highest BCUT2D eigenvalue weighted by Gasteiger charge is 2.35. The Kier molecular flexibility index (Phi) is 5.63. The summed E-state index contributed by atoms with van der Waals surface area (Å²) in [7, 11) is 3.06. The lowest BCUT2D eigenvalue weighted by molar-refractivity contribution is -0.122. The number of nitrogens with zero attached hydrogens (tertiary/aromatic N) is 1. The lowest BCUT2D eigenvalue weighted by Gasteiger charge is -2.18.